The van der Waals surface area contributed by atoms with Gasteiger partial charge >= 0.3 is 0 Å². The van der Waals surface area contributed by atoms with Crippen LogP contribution in [0.5, 0.6) is 5.75 Å². The Labute approximate surface area is 221 Å². The average Bonchev–Trinajstić information content (AvgIpc) is 3.62. The number of nitrogens with one attached hydrogen (secondary N) is 2. The van der Waals surface area contributed by atoms with Crippen LogP contribution in [0.3, 0.4) is 0 Å². The van der Waals surface area contributed by atoms with Crippen molar-refractivity contribution < 1.29 is 9.53 Å². The second kappa shape index (κ2) is 11.9. The Morgan fingerprint density at radius 3 is 2.49 bits per heavy atom. The standard InChI is InChI=1S/C28H32N6O2S/c1-2-36-25-12-10-23(11-13-25)29-20-24-9-6-16-34(24)28-32-31-27(37-28)33-17-14-22(15-18-33)26(35)30-19-21-7-4-3-5-8-21/h3-13,16,22,29H,2,14-15,17-20H2,1H3,(H,30,35). The minimum Gasteiger partial charge on any atom is -0.494 e. The molecule has 0 bridgehead atoms. The zero-order valence-corrected chi connectivity index (χ0v) is 21.8. The Balaban J connectivity index is 1.13. The van der Waals surface area contributed by atoms with E-state index < -0.39 is 0 Å². The van der Waals surface area contributed by atoms with Gasteiger partial charge in [0.05, 0.1) is 13.2 Å². The van der Waals surface area contributed by atoms with Crippen LogP contribution in [0.2, 0.25) is 0 Å². The number of carbonyl (C=O) groups excluding carboxylic acids is 1. The largest absolute Gasteiger partial charge is 0.494 e. The fourth-order valence-electron chi connectivity index (χ4n) is 4.47. The van der Waals surface area contributed by atoms with Crippen molar-refractivity contribution in [2.45, 2.75) is 32.9 Å². The highest BCUT2D eigenvalue weighted by Crippen LogP contribution is 2.29. The minimum absolute atomic E-state index is 0.0390. The summed E-state index contributed by atoms with van der Waals surface area (Å²) in [6.45, 7) is 5.48. The first-order valence-corrected chi connectivity index (χ1v) is 13.5. The molecule has 2 aromatic carbocycles. The third kappa shape index (κ3) is 6.29. The topological polar surface area (TPSA) is 84.3 Å². The van der Waals surface area contributed by atoms with Gasteiger partial charge < -0.3 is 20.3 Å². The number of amides is 1. The third-order valence-corrected chi connectivity index (χ3v) is 7.51. The molecule has 0 saturated carbocycles. The Kier molecular flexibility index (Phi) is 8.00. The van der Waals surface area contributed by atoms with Crippen LogP contribution in [0, 0.1) is 5.92 Å². The normalized spacial score (nSPS) is 13.9. The van der Waals surface area contributed by atoms with Gasteiger partial charge in [0.1, 0.15) is 5.75 Å². The number of aromatic nitrogens is 3. The average molecular weight is 517 g/mol. The summed E-state index contributed by atoms with van der Waals surface area (Å²) in [7, 11) is 0. The lowest BCUT2D eigenvalue weighted by molar-refractivity contribution is -0.125. The maximum atomic E-state index is 12.7. The lowest BCUT2D eigenvalue weighted by Gasteiger charge is -2.30. The number of carbonyl (C=O) groups is 1. The molecule has 8 nitrogen and oxygen atoms in total. The van der Waals surface area contributed by atoms with Gasteiger partial charge in [0, 0.05) is 43.1 Å². The van der Waals surface area contributed by atoms with Gasteiger partial charge in [-0.05, 0) is 61.7 Å². The zero-order chi connectivity index (χ0) is 25.5. The molecule has 1 aliphatic heterocycles. The predicted molar refractivity (Wildman–Crippen MR) is 147 cm³/mol. The van der Waals surface area contributed by atoms with E-state index in [1.54, 1.807) is 11.3 Å². The molecule has 2 aromatic heterocycles. The fourth-order valence-corrected chi connectivity index (χ4v) is 5.39. The molecule has 1 aliphatic rings. The van der Waals surface area contributed by atoms with Crippen LogP contribution in [0.15, 0.2) is 72.9 Å². The molecule has 2 N–H and O–H groups in total. The summed E-state index contributed by atoms with van der Waals surface area (Å²) in [6, 6.07) is 22.1. The van der Waals surface area contributed by atoms with Crippen molar-refractivity contribution in [3.63, 3.8) is 0 Å². The molecule has 1 fully saturated rings. The van der Waals surface area contributed by atoms with Crippen LogP contribution in [-0.4, -0.2) is 40.4 Å². The molecule has 9 heteroatoms. The molecule has 5 rings (SSSR count). The SMILES string of the molecule is CCOc1ccc(NCc2cccn2-c2nnc(N3CCC(C(=O)NCc4ccccc4)CC3)s2)cc1. The second-order valence-corrected chi connectivity index (χ2v) is 9.95. The van der Waals surface area contributed by atoms with Gasteiger partial charge in [0.2, 0.25) is 16.2 Å². The quantitative estimate of drug-likeness (QED) is 0.313. The van der Waals surface area contributed by atoms with Crippen molar-refractivity contribution in [3.05, 3.63) is 84.2 Å². The summed E-state index contributed by atoms with van der Waals surface area (Å²) < 4.78 is 7.59. The van der Waals surface area contributed by atoms with E-state index >= 15 is 0 Å². The first-order valence-electron chi connectivity index (χ1n) is 12.7. The summed E-state index contributed by atoms with van der Waals surface area (Å²) >= 11 is 1.58. The summed E-state index contributed by atoms with van der Waals surface area (Å²) in [5.74, 6) is 1.05. The van der Waals surface area contributed by atoms with E-state index in [9.17, 15) is 4.79 Å². The van der Waals surface area contributed by atoms with Gasteiger partial charge in [-0.1, -0.05) is 41.7 Å². The molecule has 0 unspecified atom stereocenters. The molecule has 0 aliphatic carbocycles. The third-order valence-electron chi connectivity index (χ3n) is 6.53. The van der Waals surface area contributed by atoms with Crippen LogP contribution < -0.4 is 20.3 Å². The smallest absolute Gasteiger partial charge is 0.223 e. The molecule has 37 heavy (non-hydrogen) atoms. The minimum atomic E-state index is 0.0390. The maximum absolute atomic E-state index is 12.7. The van der Waals surface area contributed by atoms with Crippen molar-refractivity contribution in [1.82, 2.24) is 20.1 Å². The number of benzene rings is 2. The Morgan fingerprint density at radius 2 is 1.73 bits per heavy atom. The summed E-state index contributed by atoms with van der Waals surface area (Å²) in [6.07, 6.45) is 3.65. The number of ether oxygens (including phenoxy) is 1. The van der Waals surface area contributed by atoms with Crippen molar-refractivity contribution >= 4 is 28.1 Å². The number of rotatable bonds is 10. The lowest BCUT2D eigenvalue weighted by Crippen LogP contribution is -2.40. The molecule has 1 saturated heterocycles. The Morgan fingerprint density at radius 1 is 0.973 bits per heavy atom. The van der Waals surface area contributed by atoms with E-state index in [0.717, 1.165) is 58.9 Å². The number of hydrogen-bond donors (Lipinski definition) is 2. The monoisotopic (exact) mass is 516 g/mol. The van der Waals surface area contributed by atoms with Crippen molar-refractivity contribution in [2.75, 3.05) is 29.9 Å². The van der Waals surface area contributed by atoms with Gasteiger partial charge in [0.15, 0.2) is 0 Å². The van der Waals surface area contributed by atoms with Gasteiger partial charge in [-0.2, -0.15) is 0 Å². The van der Waals surface area contributed by atoms with E-state index in [1.807, 2.05) is 73.8 Å². The fraction of sp³-hybridized carbons (Fsp3) is 0.321. The van der Waals surface area contributed by atoms with Gasteiger partial charge in [-0.25, -0.2) is 0 Å². The van der Waals surface area contributed by atoms with Crippen LogP contribution in [0.4, 0.5) is 10.8 Å². The summed E-state index contributed by atoms with van der Waals surface area (Å²) in [4.78, 5) is 14.9. The van der Waals surface area contributed by atoms with Crippen LogP contribution in [0.1, 0.15) is 31.0 Å². The molecule has 4 aromatic rings. The van der Waals surface area contributed by atoms with Crippen molar-refractivity contribution in [1.29, 1.82) is 0 Å². The molecule has 3 heterocycles. The van der Waals surface area contributed by atoms with E-state index in [1.165, 1.54) is 0 Å². The molecule has 1 amide bonds. The summed E-state index contributed by atoms with van der Waals surface area (Å²) in [5, 5.41) is 17.2. The van der Waals surface area contributed by atoms with E-state index in [4.69, 9.17) is 4.74 Å². The van der Waals surface area contributed by atoms with Crippen molar-refractivity contribution in [2.24, 2.45) is 5.92 Å². The van der Waals surface area contributed by atoms with E-state index in [2.05, 4.69) is 36.4 Å². The molecular weight excluding hydrogens is 484 g/mol. The maximum Gasteiger partial charge on any atom is 0.223 e. The highest BCUT2D eigenvalue weighted by atomic mass is 32.1. The van der Waals surface area contributed by atoms with Crippen LogP contribution in [-0.2, 0) is 17.9 Å². The Hall–Kier alpha value is -3.85. The predicted octanol–water partition coefficient (Wildman–Crippen LogP) is 4.87. The zero-order valence-electron chi connectivity index (χ0n) is 21.0. The van der Waals surface area contributed by atoms with E-state index in [0.29, 0.717) is 19.7 Å². The molecule has 0 atom stereocenters. The number of hydrogen-bond acceptors (Lipinski definition) is 7. The molecule has 0 radical (unpaired) electrons. The molecule has 192 valence electrons. The number of piperidine rings is 1. The van der Waals surface area contributed by atoms with Gasteiger partial charge in [-0.3, -0.25) is 9.36 Å². The van der Waals surface area contributed by atoms with Crippen molar-refractivity contribution in [3.8, 4) is 10.9 Å². The van der Waals surface area contributed by atoms with Crippen LogP contribution >= 0.6 is 11.3 Å². The highest BCUT2D eigenvalue weighted by Gasteiger charge is 2.26. The number of anilines is 2. The highest BCUT2D eigenvalue weighted by molar-refractivity contribution is 7.17. The van der Waals surface area contributed by atoms with Gasteiger partial charge in [0.25, 0.3) is 0 Å². The first kappa shape index (κ1) is 24.8. The number of nitrogens with zero attached hydrogens (tertiary/aromatic N) is 4. The van der Waals surface area contributed by atoms with E-state index in [-0.39, 0.29) is 11.8 Å². The Bertz CT molecular complexity index is 1280. The second-order valence-electron chi connectivity index (χ2n) is 9.01. The molecular formula is C28H32N6O2S. The lowest BCUT2D eigenvalue weighted by atomic mass is 9.96. The van der Waals surface area contributed by atoms with Crippen LogP contribution in [0.25, 0.3) is 5.13 Å². The molecule has 0 spiro atoms. The van der Waals surface area contributed by atoms with Gasteiger partial charge in [-0.15, -0.1) is 10.2 Å². The first-order chi connectivity index (χ1) is 18.2. The summed E-state index contributed by atoms with van der Waals surface area (Å²) in [5.41, 5.74) is 3.25.